The van der Waals surface area contributed by atoms with Crippen molar-refractivity contribution >= 4 is 21.7 Å². The van der Waals surface area contributed by atoms with E-state index in [2.05, 4.69) is 4.18 Å². The molecule has 0 aliphatic rings. The number of benzene rings is 1. The summed E-state index contributed by atoms with van der Waals surface area (Å²) >= 11 is 5.80. The lowest BCUT2D eigenvalue weighted by Gasteiger charge is -2.09. The van der Waals surface area contributed by atoms with Crippen molar-refractivity contribution in [2.24, 2.45) is 0 Å². The van der Waals surface area contributed by atoms with Gasteiger partial charge in [-0.05, 0) is 6.07 Å². The number of hydrogen-bond donors (Lipinski definition) is 0. The number of rotatable bonds is 3. The van der Waals surface area contributed by atoms with Crippen molar-refractivity contribution in [3.05, 3.63) is 34.9 Å². The average Bonchev–Trinajstić information content (AvgIpc) is 2.14. The molecule has 1 rings (SSSR count). The minimum atomic E-state index is -3.68. The maximum atomic E-state index is 10.9. The van der Waals surface area contributed by atoms with Crippen LogP contribution in [0.1, 0.15) is 11.7 Å². The number of halogens is 1. The third kappa shape index (κ3) is 3.51. The molecule has 80 valence electrons. The molecule has 0 saturated carbocycles. The Kier molecular flexibility index (Phi) is 3.69. The van der Waals surface area contributed by atoms with Gasteiger partial charge in [0, 0.05) is 10.6 Å². The average molecular weight is 246 g/mol. The fraction of sp³-hybridized carbons (Fsp3) is 0.222. The van der Waals surface area contributed by atoms with Crippen LogP contribution in [0.15, 0.2) is 24.3 Å². The summed E-state index contributed by atoms with van der Waals surface area (Å²) in [6.07, 6.45) is -0.317. The predicted molar refractivity (Wildman–Crippen MR) is 55.7 cm³/mol. The second kappa shape index (κ2) is 4.62. The first kappa shape index (κ1) is 12.0. The van der Waals surface area contributed by atoms with Gasteiger partial charge < -0.3 is 0 Å². The highest BCUT2D eigenvalue weighted by atomic mass is 35.5. The molecule has 0 aliphatic heterocycles. The van der Waals surface area contributed by atoms with Crippen molar-refractivity contribution in [3.63, 3.8) is 0 Å². The number of nitriles is 1. The largest absolute Gasteiger partial charge is 0.265 e. The molecule has 0 saturated heterocycles. The van der Waals surface area contributed by atoms with Crippen LogP contribution in [0, 0.1) is 11.3 Å². The molecule has 15 heavy (non-hydrogen) atoms. The summed E-state index contributed by atoms with van der Waals surface area (Å²) in [5.74, 6) is 0. The van der Waals surface area contributed by atoms with Gasteiger partial charge in [0.15, 0.2) is 6.10 Å². The second-order valence-corrected chi connectivity index (χ2v) is 4.84. The lowest BCUT2D eigenvalue weighted by molar-refractivity contribution is 0.271. The van der Waals surface area contributed by atoms with Crippen molar-refractivity contribution in [1.82, 2.24) is 0 Å². The maximum absolute atomic E-state index is 10.9. The molecule has 4 nitrogen and oxygen atoms in total. The van der Waals surface area contributed by atoms with E-state index < -0.39 is 16.2 Å². The Morgan fingerprint density at radius 2 is 2.07 bits per heavy atom. The van der Waals surface area contributed by atoms with Crippen LogP contribution in [0.25, 0.3) is 0 Å². The standard InChI is InChI=1S/C9H8ClNO3S/c1-15(12,13)14-9(6-11)7-4-2-3-5-8(7)10/h2-5,9H,1H3. The van der Waals surface area contributed by atoms with Gasteiger partial charge in [-0.3, -0.25) is 0 Å². The first-order valence-electron chi connectivity index (χ1n) is 3.96. The van der Waals surface area contributed by atoms with Crippen LogP contribution in [0.4, 0.5) is 0 Å². The normalized spacial score (nSPS) is 13.1. The van der Waals surface area contributed by atoms with E-state index >= 15 is 0 Å². The molecule has 1 unspecified atom stereocenters. The van der Waals surface area contributed by atoms with Crippen LogP contribution in [-0.2, 0) is 14.3 Å². The van der Waals surface area contributed by atoms with E-state index in [0.717, 1.165) is 6.26 Å². The Morgan fingerprint density at radius 3 is 2.53 bits per heavy atom. The lowest BCUT2D eigenvalue weighted by atomic mass is 10.1. The van der Waals surface area contributed by atoms with Crippen LogP contribution in [-0.4, -0.2) is 14.7 Å². The first-order chi connectivity index (χ1) is 6.94. The lowest BCUT2D eigenvalue weighted by Crippen LogP contribution is -2.09. The van der Waals surface area contributed by atoms with Crippen LogP contribution >= 0.6 is 11.6 Å². The van der Waals surface area contributed by atoms with E-state index in [0.29, 0.717) is 10.6 Å². The second-order valence-electron chi connectivity index (χ2n) is 2.83. The van der Waals surface area contributed by atoms with Crippen molar-refractivity contribution < 1.29 is 12.6 Å². The molecule has 0 aromatic heterocycles. The van der Waals surface area contributed by atoms with Crippen molar-refractivity contribution in [3.8, 4) is 6.07 Å². The zero-order valence-corrected chi connectivity index (χ0v) is 9.42. The summed E-state index contributed by atoms with van der Waals surface area (Å²) in [6.45, 7) is 0. The smallest absolute Gasteiger partial charge is 0.247 e. The van der Waals surface area contributed by atoms with Gasteiger partial charge >= 0.3 is 0 Å². The third-order valence-electron chi connectivity index (χ3n) is 1.58. The zero-order valence-electron chi connectivity index (χ0n) is 7.84. The molecular formula is C9H8ClNO3S. The van der Waals surface area contributed by atoms with Gasteiger partial charge in [0.1, 0.15) is 6.07 Å². The Bertz CT molecular complexity index is 492. The van der Waals surface area contributed by atoms with E-state index in [1.807, 2.05) is 0 Å². The van der Waals surface area contributed by atoms with Gasteiger partial charge in [0.25, 0.3) is 10.1 Å². The molecule has 0 radical (unpaired) electrons. The summed E-state index contributed by atoms with van der Waals surface area (Å²) in [7, 11) is -3.68. The molecule has 0 heterocycles. The van der Waals surface area contributed by atoms with E-state index in [9.17, 15) is 8.42 Å². The molecule has 0 bridgehead atoms. The first-order valence-corrected chi connectivity index (χ1v) is 6.16. The topological polar surface area (TPSA) is 67.2 Å². The summed E-state index contributed by atoms with van der Waals surface area (Å²) in [5.41, 5.74) is 0.340. The third-order valence-corrected chi connectivity index (χ3v) is 2.46. The van der Waals surface area contributed by atoms with Crippen molar-refractivity contribution in [1.29, 1.82) is 5.26 Å². The molecular weight excluding hydrogens is 238 g/mol. The molecule has 1 aromatic carbocycles. The molecule has 0 spiro atoms. The Balaban J connectivity index is 3.05. The molecule has 1 atom stereocenters. The minimum Gasteiger partial charge on any atom is -0.247 e. The van der Waals surface area contributed by atoms with E-state index in [1.54, 1.807) is 30.3 Å². The molecule has 0 fully saturated rings. The number of hydrogen-bond acceptors (Lipinski definition) is 4. The van der Waals surface area contributed by atoms with E-state index in [1.165, 1.54) is 0 Å². The zero-order chi connectivity index (χ0) is 11.5. The predicted octanol–water partition coefficient (Wildman–Crippen LogP) is 1.88. The van der Waals surface area contributed by atoms with Gasteiger partial charge in [0.05, 0.1) is 6.26 Å². The van der Waals surface area contributed by atoms with Crippen LogP contribution < -0.4 is 0 Å². The Labute approximate surface area is 93.2 Å². The van der Waals surface area contributed by atoms with Crippen LogP contribution in [0.5, 0.6) is 0 Å². The fourth-order valence-corrected chi connectivity index (χ4v) is 1.74. The quantitative estimate of drug-likeness (QED) is 0.763. The van der Waals surface area contributed by atoms with E-state index in [4.69, 9.17) is 16.9 Å². The Hall–Kier alpha value is -1.09. The molecule has 0 aliphatic carbocycles. The summed E-state index contributed by atoms with van der Waals surface area (Å²) in [4.78, 5) is 0. The van der Waals surface area contributed by atoms with Gasteiger partial charge in [0.2, 0.25) is 0 Å². The highest BCUT2D eigenvalue weighted by Crippen LogP contribution is 2.25. The van der Waals surface area contributed by atoms with Gasteiger partial charge in [-0.1, -0.05) is 29.8 Å². The van der Waals surface area contributed by atoms with Gasteiger partial charge in [-0.15, -0.1) is 0 Å². The fourth-order valence-electron chi connectivity index (χ4n) is 1.01. The van der Waals surface area contributed by atoms with Crippen LogP contribution in [0.2, 0.25) is 5.02 Å². The maximum Gasteiger partial charge on any atom is 0.265 e. The number of nitrogens with zero attached hydrogens (tertiary/aromatic N) is 1. The molecule has 1 aromatic rings. The van der Waals surface area contributed by atoms with E-state index in [-0.39, 0.29) is 0 Å². The summed E-state index contributed by atoms with van der Waals surface area (Å²) in [5, 5.41) is 9.07. The van der Waals surface area contributed by atoms with Crippen molar-refractivity contribution in [2.45, 2.75) is 6.10 Å². The van der Waals surface area contributed by atoms with Gasteiger partial charge in [-0.25, -0.2) is 4.18 Å². The summed E-state index contributed by atoms with van der Waals surface area (Å²) < 4.78 is 26.3. The summed E-state index contributed by atoms with van der Waals surface area (Å²) in [6, 6.07) is 8.17. The molecule has 0 amide bonds. The highest BCUT2D eigenvalue weighted by molar-refractivity contribution is 7.86. The molecule has 0 N–H and O–H groups in total. The van der Waals surface area contributed by atoms with Gasteiger partial charge in [-0.2, -0.15) is 13.7 Å². The minimum absolute atomic E-state index is 0.299. The Morgan fingerprint density at radius 1 is 1.47 bits per heavy atom. The van der Waals surface area contributed by atoms with Crippen molar-refractivity contribution in [2.75, 3.05) is 6.26 Å². The van der Waals surface area contributed by atoms with Crippen LogP contribution in [0.3, 0.4) is 0 Å². The molecule has 6 heteroatoms. The SMILES string of the molecule is CS(=O)(=O)OC(C#N)c1ccccc1Cl. The monoisotopic (exact) mass is 245 g/mol. The highest BCUT2D eigenvalue weighted by Gasteiger charge is 2.19.